The molecule has 4 aromatic heterocycles. The van der Waals surface area contributed by atoms with Gasteiger partial charge in [-0.25, -0.2) is 19.9 Å². The highest BCUT2D eigenvalue weighted by Gasteiger charge is 2.29. The summed E-state index contributed by atoms with van der Waals surface area (Å²) in [6.45, 7) is 9.59. The van der Waals surface area contributed by atoms with Crippen molar-refractivity contribution in [1.29, 1.82) is 0 Å². The molecule has 342 valence electrons. The van der Waals surface area contributed by atoms with Crippen LogP contribution >= 0.6 is 0 Å². The molecule has 0 atom stereocenters. The number of amides is 2. The van der Waals surface area contributed by atoms with Gasteiger partial charge in [0, 0.05) is 107 Å². The average Bonchev–Trinajstić information content (AvgIpc) is 3.35. The summed E-state index contributed by atoms with van der Waals surface area (Å²) >= 11 is 0. The van der Waals surface area contributed by atoms with E-state index in [2.05, 4.69) is 75.3 Å². The Morgan fingerprint density at radius 2 is 1.06 bits per heavy atom. The van der Waals surface area contributed by atoms with E-state index in [9.17, 15) is 9.59 Å². The van der Waals surface area contributed by atoms with Gasteiger partial charge in [-0.3, -0.25) is 24.5 Å². The Kier molecular flexibility index (Phi) is 14.5. The van der Waals surface area contributed by atoms with Gasteiger partial charge in [0.25, 0.3) is 11.8 Å². The van der Waals surface area contributed by atoms with Crippen LogP contribution in [0.4, 0.5) is 34.6 Å². The number of carbonyl (C=O) groups excluding carboxylic acids is 2. The number of rotatable bonds is 14. The van der Waals surface area contributed by atoms with E-state index < -0.39 is 0 Å². The molecule has 0 spiro atoms. The van der Waals surface area contributed by atoms with Crippen molar-refractivity contribution in [3.8, 4) is 22.5 Å². The first kappa shape index (κ1) is 46.6. The lowest BCUT2D eigenvalue weighted by atomic mass is 10.1. The molecule has 2 amide bonds. The number of nitrogens with zero attached hydrogens (tertiary/aromatic N) is 8. The molecule has 0 unspecified atom stereocenters. The first-order valence-corrected chi connectivity index (χ1v) is 22.2. The number of hydrogen-bond donors (Lipinski definition) is 4. The summed E-state index contributed by atoms with van der Waals surface area (Å²) in [5.74, 6) is 0.550. The maximum absolute atomic E-state index is 13.4. The Labute approximate surface area is 402 Å². The van der Waals surface area contributed by atoms with E-state index >= 15 is 0 Å². The van der Waals surface area contributed by atoms with Crippen molar-refractivity contribution < 1.29 is 26.5 Å². The van der Waals surface area contributed by atoms with Gasteiger partial charge in [-0.1, -0.05) is 36.4 Å². The number of likely N-dealkylation sites (N-methyl/N-ethyl adjacent to an activating group) is 1. The largest absolute Gasteiger partial charge is 1.00 e. The second-order valence-corrected chi connectivity index (χ2v) is 17.1. The fourth-order valence-electron chi connectivity index (χ4n) is 8.03. The molecule has 1 aliphatic rings. The zero-order valence-corrected chi connectivity index (χ0v) is 38.8. The number of hydrogen-bond acceptors (Lipinski definition) is 11. The molecule has 8 aromatic rings. The number of nitrogens with one attached hydrogen (secondary N) is 4. The minimum absolute atomic E-state index is 0. The van der Waals surface area contributed by atoms with Crippen molar-refractivity contribution in [3.63, 3.8) is 0 Å². The lowest BCUT2D eigenvalue weighted by molar-refractivity contribution is -0.926. The monoisotopic (exact) mass is 922 g/mol. The molecule has 68 heavy (non-hydrogen) atoms. The summed E-state index contributed by atoms with van der Waals surface area (Å²) in [4.78, 5) is 55.7. The van der Waals surface area contributed by atoms with Crippen LogP contribution in [0.25, 0.3) is 22.5 Å². The number of carbonyl (C=O) groups is 2. The van der Waals surface area contributed by atoms with Gasteiger partial charge in [0.2, 0.25) is 11.9 Å². The van der Waals surface area contributed by atoms with Crippen LogP contribution in [0.1, 0.15) is 43.0 Å². The first-order chi connectivity index (χ1) is 32.6. The molecule has 4 N–H and O–H groups in total. The van der Waals surface area contributed by atoms with Gasteiger partial charge >= 0.3 is 0 Å². The van der Waals surface area contributed by atoms with Crippen LogP contribution in [0.5, 0.6) is 0 Å². The highest BCUT2D eigenvalue weighted by atomic mass is 35.5. The summed E-state index contributed by atoms with van der Waals surface area (Å²) in [6.07, 6.45) is 10.4. The molecular weight excluding hydrogens is 872 g/mol. The standard InChI is InChI=1S/C53H50N12O2.ClH/c1-36-8-18-44(30-48(36)62-52-56-24-20-46(60-52)42-6-4-22-54-32-42)58-50(66)40-14-10-38(11-15-40)34-64-26-28-65(3,29-27-64)35-39-12-16-41(17-13-39)51(67)59-45-19-9-37(2)49(31-45)63-53-57-25-21-47(61-53)43-7-5-23-55-33-43;/h4-25,30-33H,26-29,34-35H2,1-3H3,(H3-,56,57,58,59,60,61,62,63,66,67);1H. The van der Waals surface area contributed by atoms with Gasteiger partial charge < -0.3 is 38.2 Å². The van der Waals surface area contributed by atoms with Crippen LogP contribution in [0, 0.1) is 13.8 Å². The number of aryl methyl sites for hydroxylation is 2. The molecule has 1 saturated heterocycles. The highest BCUT2D eigenvalue weighted by Crippen LogP contribution is 2.27. The highest BCUT2D eigenvalue weighted by molar-refractivity contribution is 6.05. The van der Waals surface area contributed by atoms with Gasteiger partial charge in [-0.2, -0.15) is 0 Å². The fourth-order valence-corrected chi connectivity index (χ4v) is 8.03. The Hall–Kier alpha value is -7.91. The third-order valence-corrected chi connectivity index (χ3v) is 12.0. The molecule has 0 aliphatic carbocycles. The third-order valence-electron chi connectivity index (χ3n) is 12.0. The minimum atomic E-state index is -0.180. The predicted octanol–water partition coefficient (Wildman–Crippen LogP) is 6.47. The van der Waals surface area contributed by atoms with Gasteiger partial charge in [0.1, 0.15) is 6.54 Å². The van der Waals surface area contributed by atoms with Crippen LogP contribution in [-0.2, 0) is 13.1 Å². The van der Waals surface area contributed by atoms with Crippen LogP contribution in [0.15, 0.2) is 159 Å². The van der Waals surface area contributed by atoms with E-state index in [0.29, 0.717) is 34.4 Å². The number of piperazine rings is 1. The maximum Gasteiger partial charge on any atom is 0.255 e. The lowest BCUT2D eigenvalue weighted by Crippen LogP contribution is -3.00. The average molecular weight is 924 g/mol. The number of aromatic nitrogens is 6. The summed E-state index contributed by atoms with van der Waals surface area (Å²) in [6, 6.07) is 38.6. The van der Waals surface area contributed by atoms with Crippen molar-refractivity contribution in [2.45, 2.75) is 26.9 Å². The SMILES string of the molecule is Cc1ccc(NC(=O)c2ccc(CN3CC[N+](C)(Cc4ccc(C(=O)Nc5ccc(C)c(Nc6nccc(-c7cccnc7)n6)c5)cc4)CC3)cc2)cc1Nc1nccc(-c2cccnc2)n1.[Cl-]. The van der Waals surface area contributed by atoms with Crippen molar-refractivity contribution in [2.24, 2.45) is 0 Å². The van der Waals surface area contributed by atoms with Crippen LogP contribution < -0.4 is 33.7 Å². The smallest absolute Gasteiger partial charge is 0.255 e. The topological polar surface area (TPSA) is 163 Å². The second-order valence-electron chi connectivity index (χ2n) is 17.1. The predicted molar refractivity (Wildman–Crippen MR) is 263 cm³/mol. The van der Waals surface area contributed by atoms with Crippen molar-refractivity contribution in [2.75, 3.05) is 54.5 Å². The zero-order valence-electron chi connectivity index (χ0n) is 38.0. The van der Waals surface area contributed by atoms with E-state index in [1.165, 1.54) is 5.56 Å². The Morgan fingerprint density at radius 3 is 1.51 bits per heavy atom. The molecule has 5 heterocycles. The molecule has 0 radical (unpaired) electrons. The quantitative estimate of drug-likeness (QED) is 0.0886. The van der Waals surface area contributed by atoms with Gasteiger partial charge in [0.05, 0.1) is 31.5 Å². The number of pyridine rings is 2. The molecule has 14 nitrogen and oxygen atoms in total. The number of halogens is 1. The fraction of sp³-hybridized carbons (Fsp3) is 0.170. The van der Waals surface area contributed by atoms with Gasteiger partial charge in [0.15, 0.2) is 0 Å². The molecule has 15 heteroatoms. The number of benzene rings is 4. The molecule has 1 aliphatic heterocycles. The first-order valence-electron chi connectivity index (χ1n) is 22.2. The third kappa shape index (κ3) is 11.7. The van der Waals surface area contributed by atoms with Crippen LogP contribution in [0.2, 0.25) is 0 Å². The molecule has 1 fully saturated rings. The van der Waals surface area contributed by atoms with Crippen molar-refractivity contribution in [3.05, 3.63) is 192 Å². The molecule has 9 rings (SSSR count). The Balaban J connectivity index is 0.00000625. The lowest BCUT2D eigenvalue weighted by Gasteiger charge is -2.42. The van der Waals surface area contributed by atoms with Crippen LogP contribution in [-0.4, -0.2) is 84.3 Å². The number of quaternary nitrogens is 1. The van der Waals surface area contributed by atoms with Crippen molar-refractivity contribution >= 4 is 46.5 Å². The summed E-state index contributed by atoms with van der Waals surface area (Å²) in [5, 5.41) is 12.7. The van der Waals surface area contributed by atoms with Crippen molar-refractivity contribution in [1.82, 2.24) is 34.8 Å². The summed E-state index contributed by atoms with van der Waals surface area (Å²) in [7, 11) is 2.30. The van der Waals surface area contributed by atoms with E-state index in [1.807, 2.05) is 123 Å². The maximum atomic E-state index is 13.4. The number of anilines is 6. The minimum Gasteiger partial charge on any atom is -1.00 e. The molecular formula is C53H51ClN12O2. The van der Waals surface area contributed by atoms with Crippen LogP contribution in [0.3, 0.4) is 0 Å². The van der Waals surface area contributed by atoms with E-state index in [0.717, 1.165) is 94.3 Å². The summed E-state index contributed by atoms with van der Waals surface area (Å²) < 4.78 is 0.913. The molecule has 4 aromatic carbocycles. The Bertz CT molecular complexity index is 3000. The molecule has 0 bridgehead atoms. The Morgan fingerprint density at radius 1 is 0.588 bits per heavy atom. The van der Waals surface area contributed by atoms with E-state index in [1.54, 1.807) is 37.2 Å². The van der Waals surface area contributed by atoms with E-state index in [-0.39, 0.29) is 24.2 Å². The molecule has 0 saturated carbocycles. The second kappa shape index (κ2) is 21.2. The summed E-state index contributed by atoms with van der Waals surface area (Å²) in [5.41, 5.74) is 11.8. The normalized spacial score (nSPS) is 13.2. The zero-order chi connectivity index (χ0) is 46.2. The van der Waals surface area contributed by atoms with Gasteiger partial charge in [-0.15, -0.1) is 0 Å². The van der Waals surface area contributed by atoms with E-state index in [4.69, 9.17) is 0 Å². The van der Waals surface area contributed by atoms with Gasteiger partial charge in [-0.05, 0) is 115 Å².